The number of sulfonamides is 1. The molecule has 0 bridgehead atoms. The van der Waals surface area contributed by atoms with E-state index in [9.17, 15) is 21.6 Å². The zero-order valence-electron chi connectivity index (χ0n) is 21.6. The Morgan fingerprint density at radius 3 is 2.44 bits per heavy atom. The van der Waals surface area contributed by atoms with Crippen molar-refractivity contribution in [3.63, 3.8) is 0 Å². The molecule has 0 aliphatic carbocycles. The zero-order chi connectivity index (χ0) is 31.4. The lowest BCUT2D eigenvalue weighted by molar-refractivity contribution is -0.192. The van der Waals surface area contributed by atoms with E-state index < -0.39 is 22.2 Å². The van der Waals surface area contributed by atoms with Crippen LogP contribution in [-0.2, 0) is 27.8 Å². The summed E-state index contributed by atoms with van der Waals surface area (Å²) in [6, 6.07) is 12.9. The number of carbonyl (C=O) groups is 1. The number of nitrogens with one attached hydrogen (secondary N) is 2. The second-order valence-corrected chi connectivity index (χ2v) is 11.8. The lowest BCUT2D eigenvalue weighted by atomic mass is 10.1. The molecule has 43 heavy (non-hydrogen) atoms. The van der Waals surface area contributed by atoms with E-state index >= 15 is 0 Å². The highest BCUT2D eigenvalue weighted by Gasteiger charge is 2.38. The second-order valence-electron chi connectivity index (χ2n) is 8.88. The molecule has 0 saturated carbocycles. The molecule has 4 aromatic rings. The number of fused-ring (bicyclic) bond motifs is 1. The van der Waals surface area contributed by atoms with E-state index in [-0.39, 0.29) is 31.5 Å². The second kappa shape index (κ2) is 13.2. The molecule has 228 valence electrons. The van der Waals surface area contributed by atoms with Crippen molar-refractivity contribution in [2.75, 3.05) is 16.2 Å². The summed E-state index contributed by atoms with van der Waals surface area (Å²) in [7, 11) is -4.02. The highest BCUT2D eigenvalue weighted by atomic mass is 35.5. The molecule has 0 amide bonds. The minimum Gasteiger partial charge on any atom is -0.475 e. The van der Waals surface area contributed by atoms with Crippen LogP contribution >= 0.6 is 34.8 Å². The summed E-state index contributed by atoms with van der Waals surface area (Å²) in [6.45, 7) is 1.57. The van der Waals surface area contributed by atoms with E-state index in [4.69, 9.17) is 49.4 Å². The Morgan fingerprint density at radius 1 is 1.09 bits per heavy atom. The number of aromatic nitrogens is 4. The Balaban J connectivity index is 0.000000541. The molecule has 3 N–H and O–H groups in total. The number of ether oxygens (including phenoxy) is 1. The first kappa shape index (κ1) is 32.1. The van der Waals surface area contributed by atoms with Gasteiger partial charge in [-0.15, -0.1) is 5.10 Å². The maximum absolute atomic E-state index is 12.9. The van der Waals surface area contributed by atoms with Crippen LogP contribution in [0.2, 0.25) is 15.1 Å². The van der Waals surface area contributed by atoms with Gasteiger partial charge in [-0.2, -0.15) is 13.2 Å². The van der Waals surface area contributed by atoms with Crippen LogP contribution in [0.5, 0.6) is 11.6 Å². The fourth-order valence-corrected chi connectivity index (χ4v) is 5.39. The first-order valence-electron chi connectivity index (χ1n) is 12.1. The molecular weight excluding hydrogens is 660 g/mol. The Hall–Kier alpha value is -3.79. The van der Waals surface area contributed by atoms with E-state index in [0.29, 0.717) is 12.3 Å². The molecule has 18 heteroatoms. The van der Waals surface area contributed by atoms with Gasteiger partial charge in [-0.25, -0.2) is 18.2 Å². The van der Waals surface area contributed by atoms with Crippen LogP contribution in [0.3, 0.4) is 0 Å². The van der Waals surface area contributed by atoms with E-state index in [1.807, 2.05) is 12.1 Å². The maximum Gasteiger partial charge on any atom is 0.490 e. The first-order chi connectivity index (χ1) is 20.2. The predicted octanol–water partition coefficient (Wildman–Crippen LogP) is 6.34. The van der Waals surface area contributed by atoms with Crippen molar-refractivity contribution in [1.29, 1.82) is 0 Å². The van der Waals surface area contributed by atoms with Crippen molar-refractivity contribution in [1.82, 2.24) is 20.4 Å². The lowest BCUT2D eigenvalue weighted by Crippen LogP contribution is -2.28. The number of hydrogen-bond donors (Lipinski definition) is 3. The first-order valence-corrected chi connectivity index (χ1v) is 14.7. The van der Waals surface area contributed by atoms with E-state index in [0.717, 1.165) is 36.5 Å². The summed E-state index contributed by atoms with van der Waals surface area (Å²) in [6.07, 6.45) is -1.74. The molecule has 0 unspecified atom stereocenters. The third-order valence-electron chi connectivity index (χ3n) is 5.77. The number of rotatable bonds is 7. The van der Waals surface area contributed by atoms with Gasteiger partial charge in [-0.1, -0.05) is 52.1 Å². The number of aromatic amines is 1. The molecular formula is C25H20Cl3F3N6O5S. The number of aliphatic carboxylic acids is 1. The highest BCUT2D eigenvalue weighted by molar-refractivity contribution is 7.92. The van der Waals surface area contributed by atoms with Gasteiger partial charge in [0.15, 0.2) is 5.82 Å². The molecule has 3 heterocycles. The topological polar surface area (TPSA) is 150 Å². The van der Waals surface area contributed by atoms with Crippen molar-refractivity contribution < 1.29 is 36.2 Å². The van der Waals surface area contributed by atoms with Gasteiger partial charge >= 0.3 is 12.1 Å². The number of aryl methyl sites for hydroxylation is 1. The minimum absolute atomic E-state index is 0.0408. The average Bonchev–Trinajstić information content (AvgIpc) is 3.42. The zero-order valence-corrected chi connectivity index (χ0v) is 24.7. The normalized spacial score (nSPS) is 13.0. The van der Waals surface area contributed by atoms with E-state index in [1.165, 1.54) is 30.5 Å². The van der Waals surface area contributed by atoms with Crippen molar-refractivity contribution in [3.8, 4) is 11.6 Å². The summed E-state index contributed by atoms with van der Waals surface area (Å²) in [5.74, 6) is -1.36. The van der Waals surface area contributed by atoms with Gasteiger partial charge in [-0.3, -0.25) is 9.82 Å². The molecule has 0 spiro atoms. The molecule has 11 nitrogen and oxygen atoms in total. The number of carboxylic acid groups (broad SMARTS) is 1. The summed E-state index contributed by atoms with van der Waals surface area (Å²) < 4.78 is 65.9. The number of alkyl halides is 3. The van der Waals surface area contributed by atoms with Crippen LogP contribution in [-0.4, -0.2) is 52.6 Å². The van der Waals surface area contributed by atoms with Gasteiger partial charge in [0.2, 0.25) is 5.88 Å². The van der Waals surface area contributed by atoms with Crippen molar-refractivity contribution in [3.05, 3.63) is 81.1 Å². The van der Waals surface area contributed by atoms with Gasteiger partial charge in [0, 0.05) is 19.3 Å². The average molecular weight is 680 g/mol. The van der Waals surface area contributed by atoms with Gasteiger partial charge in [0.05, 0.1) is 25.7 Å². The molecule has 0 saturated heterocycles. The largest absolute Gasteiger partial charge is 0.490 e. The third kappa shape index (κ3) is 8.40. The van der Waals surface area contributed by atoms with Gasteiger partial charge in [0.25, 0.3) is 10.0 Å². The number of benzene rings is 2. The lowest BCUT2D eigenvalue weighted by Gasteiger charge is -2.26. The van der Waals surface area contributed by atoms with Crippen LogP contribution in [0.25, 0.3) is 0 Å². The molecule has 5 rings (SSSR count). The van der Waals surface area contributed by atoms with Crippen LogP contribution in [0.15, 0.2) is 59.6 Å². The summed E-state index contributed by atoms with van der Waals surface area (Å²) in [4.78, 5) is 15.2. The highest BCUT2D eigenvalue weighted by Crippen LogP contribution is 2.33. The fourth-order valence-electron chi connectivity index (χ4n) is 3.80. The SMILES string of the molecule is O=C(O)C(F)(F)F.O=S(=O)(Nc1cc(Cl)cnc1Oc1ccc(CN2CCCc3[nH]nnc32)cc1)c1ccc(Cl)c(Cl)c1. The third-order valence-corrected chi connectivity index (χ3v) is 8.08. The van der Waals surface area contributed by atoms with Crippen LogP contribution in [0, 0.1) is 0 Å². The molecule has 2 aromatic carbocycles. The standard InChI is InChI=1S/C23H19Cl3N6O3S.C2HF3O2/c24-15-10-21(30-36(33,34)17-7-8-18(25)19(26)11-17)23(27-12-15)35-16-5-3-14(4-6-16)13-32-9-1-2-20-22(32)29-31-28-20;3-2(4,5)1(6)7/h3-8,10-12,30H,1-2,9,13H2,(H,28,29,31);(H,6,7). The van der Waals surface area contributed by atoms with Crippen molar-refractivity contribution in [2.24, 2.45) is 0 Å². The predicted molar refractivity (Wildman–Crippen MR) is 152 cm³/mol. The van der Waals surface area contributed by atoms with Crippen LogP contribution in [0.1, 0.15) is 17.7 Å². The smallest absolute Gasteiger partial charge is 0.475 e. The van der Waals surface area contributed by atoms with E-state index in [2.05, 4.69) is 30.0 Å². The summed E-state index contributed by atoms with van der Waals surface area (Å²) in [5, 5.41) is 18.8. The Morgan fingerprint density at radius 2 is 1.79 bits per heavy atom. The molecule has 0 fully saturated rings. The van der Waals surface area contributed by atoms with Gasteiger partial charge < -0.3 is 14.7 Å². The number of nitrogens with zero attached hydrogens (tertiary/aromatic N) is 4. The maximum atomic E-state index is 12.9. The van der Waals surface area contributed by atoms with Gasteiger partial charge in [-0.05, 0) is 54.8 Å². The fraction of sp³-hybridized carbons (Fsp3) is 0.200. The molecule has 1 aliphatic rings. The number of anilines is 2. The number of halogens is 6. The summed E-state index contributed by atoms with van der Waals surface area (Å²) in [5.41, 5.74) is 2.18. The minimum atomic E-state index is -5.08. The number of H-pyrrole nitrogens is 1. The van der Waals surface area contributed by atoms with Gasteiger partial charge in [0.1, 0.15) is 11.4 Å². The molecule has 2 aromatic heterocycles. The Bertz CT molecular complexity index is 1720. The Kier molecular flexibility index (Phi) is 9.89. The van der Waals surface area contributed by atoms with Crippen molar-refractivity contribution in [2.45, 2.75) is 30.5 Å². The van der Waals surface area contributed by atoms with Crippen molar-refractivity contribution >= 4 is 62.3 Å². The van der Waals surface area contributed by atoms with Crippen LogP contribution in [0.4, 0.5) is 24.7 Å². The number of pyridine rings is 1. The summed E-state index contributed by atoms with van der Waals surface area (Å²) >= 11 is 18.0. The van der Waals surface area contributed by atoms with Crippen LogP contribution < -0.4 is 14.4 Å². The molecule has 1 aliphatic heterocycles. The molecule has 0 atom stereocenters. The Labute approximate surface area is 257 Å². The quantitative estimate of drug-likeness (QED) is 0.203. The molecule has 0 radical (unpaired) electrons. The number of hydrogen-bond acceptors (Lipinski definition) is 8. The monoisotopic (exact) mass is 678 g/mol. The number of carboxylic acids is 1. The van der Waals surface area contributed by atoms with E-state index in [1.54, 1.807) is 12.1 Å².